The SMILES string of the molecule is CCNC(=NCC1(C)COC1)NC1CCN(S(=O)(=O)CC)CC1.I. The third-order valence-electron chi connectivity index (χ3n) is 4.42. The van der Waals surface area contributed by atoms with Crippen LogP contribution in [0, 0.1) is 5.41 Å². The molecule has 24 heavy (non-hydrogen) atoms. The molecular formula is C15H31IN4O3S. The third kappa shape index (κ3) is 5.99. The summed E-state index contributed by atoms with van der Waals surface area (Å²) in [5.74, 6) is 0.993. The van der Waals surface area contributed by atoms with E-state index in [0.29, 0.717) is 13.1 Å². The molecule has 2 heterocycles. The zero-order valence-corrected chi connectivity index (χ0v) is 18.0. The number of hydrogen-bond donors (Lipinski definition) is 2. The molecule has 0 atom stereocenters. The summed E-state index contributed by atoms with van der Waals surface area (Å²) in [6.07, 6.45) is 1.62. The van der Waals surface area contributed by atoms with E-state index < -0.39 is 10.0 Å². The number of nitrogens with one attached hydrogen (secondary N) is 2. The molecule has 0 spiro atoms. The van der Waals surface area contributed by atoms with Crippen molar-refractivity contribution < 1.29 is 13.2 Å². The summed E-state index contributed by atoms with van der Waals surface area (Å²) in [7, 11) is -3.06. The van der Waals surface area contributed by atoms with Gasteiger partial charge in [-0.3, -0.25) is 4.99 Å². The van der Waals surface area contributed by atoms with Gasteiger partial charge in [-0.15, -0.1) is 24.0 Å². The Morgan fingerprint density at radius 1 is 1.29 bits per heavy atom. The van der Waals surface area contributed by atoms with E-state index in [9.17, 15) is 8.42 Å². The fourth-order valence-electron chi connectivity index (χ4n) is 2.79. The first-order chi connectivity index (χ1) is 10.9. The van der Waals surface area contributed by atoms with Crippen molar-refractivity contribution in [3.8, 4) is 0 Å². The van der Waals surface area contributed by atoms with Crippen molar-refractivity contribution in [2.45, 2.75) is 39.7 Å². The summed E-state index contributed by atoms with van der Waals surface area (Å²) in [5, 5.41) is 6.71. The Morgan fingerprint density at radius 3 is 2.38 bits per heavy atom. The molecule has 0 saturated carbocycles. The average Bonchev–Trinajstić information content (AvgIpc) is 2.51. The van der Waals surface area contributed by atoms with Gasteiger partial charge < -0.3 is 15.4 Å². The summed E-state index contributed by atoms with van der Waals surface area (Å²) in [5.41, 5.74) is 0.154. The Balaban J connectivity index is 0.00000288. The second-order valence-electron chi connectivity index (χ2n) is 6.72. The van der Waals surface area contributed by atoms with Gasteiger partial charge in [0.15, 0.2) is 5.96 Å². The Bertz CT molecular complexity index is 515. The van der Waals surface area contributed by atoms with E-state index in [4.69, 9.17) is 4.74 Å². The number of guanidine groups is 1. The first kappa shape index (κ1) is 21.9. The maximum absolute atomic E-state index is 11.9. The van der Waals surface area contributed by atoms with Crippen LogP contribution in [0.2, 0.25) is 0 Å². The van der Waals surface area contributed by atoms with Crippen molar-refractivity contribution >= 4 is 40.0 Å². The normalized spacial score (nSPS) is 22.4. The Labute approximate surface area is 163 Å². The number of piperidine rings is 1. The quantitative estimate of drug-likeness (QED) is 0.341. The van der Waals surface area contributed by atoms with Crippen molar-refractivity contribution in [3.63, 3.8) is 0 Å². The van der Waals surface area contributed by atoms with Crippen LogP contribution < -0.4 is 10.6 Å². The molecule has 9 heteroatoms. The Morgan fingerprint density at radius 2 is 1.92 bits per heavy atom. The topological polar surface area (TPSA) is 83.0 Å². The maximum atomic E-state index is 11.9. The van der Waals surface area contributed by atoms with E-state index in [1.54, 1.807) is 11.2 Å². The first-order valence-electron chi connectivity index (χ1n) is 8.49. The van der Waals surface area contributed by atoms with Crippen molar-refractivity contribution in [2.24, 2.45) is 10.4 Å². The van der Waals surface area contributed by atoms with E-state index in [1.807, 2.05) is 6.92 Å². The summed E-state index contributed by atoms with van der Waals surface area (Å²) < 4.78 is 30.7. The molecule has 0 aromatic rings. The average molecular weight is 474 g/mol. The number of nitrogens with zero attached hydrogens (tertiary/aromatic N) is 2. The highest BCUT2D eigenvalue weighted by Crippen LogP contribution is 2.26. The van der Waals surface area contributed by atoms with Crippen LogP contribution in [-0.4, -0.2) is 69.9 Å². The molecule has 0 bridgehead atoms. The summed E-state index contributed by atoms with van der Waals surface area (Å²) in [4.78, 5) is 4.67. The molecule has 2 aliphatic heterocycles. The molecule has 7 nitrogen and oxygen atoms in total. The minimum atomic E-state index is -3.06. The number of rotatable bonds is 6. The molecule has 2 aliphatic rings. The lowest BCUT2D eigenvalue weighted by Crippen LogP contribution is -2.50. The van der Waals surface area contributed by atoms with Gasteiger partial charge in [0, 0.05) is 31.1 Å². The van der Waals surface area contributed by atoms with Crippen LogP contribution in [0.5, 0.6) is 0 Å². The van der Waals surface area contributed by atoms with Crippen LogP contribution >= 0.6 is 24.0 Å². The molecule has 2 fully saturated rings. The molecule has 2 saturated heterocycles. The first-order valence-corrected chi connectivity index (χ1v) is 10.1. The van der Waals surface area contributed by atoms with Crippen molar-refractivity contribution in [3.05, 3.63) is 0 Å². The Kier molecular flexibility index (Phi) is 8.71. The van der Waals surface area contributed by atoms with Gasteiger partial charge in [0.25, 0.3) is 0 Å². The number of aliphatic imine (C=N–C) groups is 1. The monoisotopic (exact) mass is 474 g/mol. The number of hydrogen-bond acceptors (Lipinski definition) is 4. The van der Waals surface area contributed by atoms with Crippen LogP contribution in [0.1, 0.15) is 33.6 Å². The molecule has 0 aromatic heterocycles. The molecule has 2 rings (SSSR count). The maximum Gasteiger partial charge on any atom is 0.213 e. The second-order valence-corrected chi connectivity index (χ2v) is 8.97. The highest BCUT2D eigenvalue weighted by molar-refractivity contribution is 14.0. The van der Waals surface area contributed by atoms with Gasteiger partial charge in [-0.05, 0) is 26.7 Å². The highest BCUT2D eigenvalue weighted by Gasteiger charge is 2.33. The van der Waals surface area contributed by atoms with E-state index >= 15 is 0 Å². The van der Waals surface area contributed by atoms with E-state index in [1.165, 1.54) is 0 Å². The lowest BCUT2D eigenvalue weighted by Gasteiger charge is -2.37. The largest absolute Gasteiger partial charge is 0.380 e. The molecule has 2 N–H and O–H groups in total. The molecule has 0 aromatic carbocycles. The van der Waals surface area contributed by atoms with Gasteiger partial charge in [-0.1, -0.05) is 6.92 Å². The van der Waals surface area contributed by atoms with Crippen LogP contribution in [-0.2, 0) is 14.8 Å². The van der Waals surface area contributed by atoms with Gasteiger partial charge in [-0.25, -0.2) is 12.7 Å². The van der Waals surface area contributed by atoms with Gasteiger partial charge in [-0.2, -0.15) is 0 Å². The zero-order valence-electron chi connectivity index (χ0n) is 14.9. The van der Waals surface area contributed by atoms with Gasteiger partial charge in [0.05, 0.1) is 25.5 Å². The molecule has 0 unspecified atom stereocenters. The van der Waals surface area contributed by atoms with Crippen LogP contribution in [0.3, 0.4) is 0 Å². The molecule has 0 radical (unpaired) electrons. The van der Waals surface area contributed by atoms with Gasteiger partial charge in [0.1, 0.15) is 0 Å². The van der Waals surface area contributed by atoms with E-state index in [2.05, 4.69) is 22.5 Å². The fourth-order valence-corrected chi connectivity index (χ4v) is 3.92. The predicted octanol–water partition coefficient (Wildman–Crippen LogP) is 1.01. The molecule has 142 valence electrons. The van der Waals surface area contributed by atoms with Crippen LogP contribution in [0.15, 0.2) is 4.99 Å². The lowest BCUT2D eigenvalue weighted by atomic mass is 9.89. The summed E-state index contributed by atoms with van der Waals surface area (Å²) in [6, 6.07) is 0.265. The number of ether oxygens (including phenoxy) is 1. The minimum Gasteiger partial charge on any atom is -0.380 e. The van der Waals surface area contributed by atoms with E-state index in [-0.39, 0.29) is 41.2 Å². The molecule has 0 aliphatic carbocycles. The molecule has 0 amide bonds. The predicted molar refractivity (Wildman–Crippen MR) is 108 cm³/mol. The van der Waals surface area contributed by atoms with Crippen molar-refractivity contribution in [2.75, 3.05) is 45.1 Å². The van der Waals surface area contributed by atoms with Gasteiger partial charge >= 0.3 is 0 Å². The standard InChI is InChI=1S/C15H30N4O3S.HI/c1-4-16-14(17-10-15(3)11-22-12-15)18-13-6-8-19(9-7-13)23(20,21)5-2;/h13H,4-12H2,1-3H3,(H2,16,17,18);1H. The van der Waals surface area contributed by atoms with Crippen LogP contribution in [0.25, 0.3) is 0 Å². The summed E-state index contributed by atoms with van der Waals surface area (Å²) >= 11 is 0. The van der Waals surface area contributed by atoms with Crippen LogP contribution in [0.4, 0.5) is 0 Å². The van der Waals surface area contributed by atoms with Gasteiger partial charge in [0.2, 0.25) is 10.0 Å². The van der Waals surface area contributed by atoms with Crippen molar-refractivity contribution in [1.82, 2.24) is 14.9 Å². The zero-order chi connectivity index (χ0) is 16.9. The highest BCUT2D eigenvalue weighted by atomic mass is 127. The smallest absolute Gasteiger partial charge is 0.213 e. The number of halogens is 1. The number of sulfonamides is 1. The van der Waals surface area contributed by atoms with E-state index in [0.717, 1.165) is 45.1 Å². The summed E-state index contributed by atoms with van der Waals surface area (Å²) in [6.45, 7) is 10.2. The van der Waals surface area contributed by atoms with Crippen molar-refractivity contribution in [1.29, 1.82) is 0 Å². The second kappa shape index (κ2) is 9.54. The molecular weight excluding hydrogens is 443 g/mol. The third-order valence-corrected chi connectivity index (χ3v) is 6.30. The fraction of sp³-hybridized carbons (Fsp3) is 0.933. The lowest BCUT2D eigenvalue weighted by molar-refractivity contribution is -0.0945. The Hall–Kier alpha value is -0.130. The minimum absolute atomic E-state index is 0.